The molecule has 0 saturated carbocycles. The van der Waals surface area contributed by atoms with Gasteiger partial charge < -0.3 is 10.1 Å². The normalized spacial score (nSPS) is 10.9. The highest BCUT2D eigenvalue weighted by atomic mass is 35.5. The van der Waals surface area contributed by atoms with Crippen LogP contribution in [0.25, 0.3) is 20.7 Å². The molecule has 2 aromatic carbocycles. The standard InChI is InChI=1S/C23H20ClN3O3S/c1-14-20-22(31-21(14)15-6-4-3-5-7-15)25-13-27(23(20)29)11-10-19(28)26-17-12-16(24)8-9-18(17)30-2/h3-9,12-13H,10-11H2,1-2H3,(H,26,28). The summed E-state index contributed by atoms with van der Waals surface area (Å²) in [6, 6.07) is 14.9. The summed E-state index contributed by atoms with van der Waals surface area (Å²) >= 11 is 7.51. The molecule has 0 unspecified atom stereocenters. The number of carbonyl (C=O) groups is 1. The molecule has 0 aliphatic carbocycles. The second kappa shape index (κ2) is 8.91. The molecule has 0 aliphatic heterocycles. The van der Waals surface area contributed by atoms with Crippen LogP contribution in [0.2, 0.25) is 5.02 Å². The summed E-state index contributed by atoms with van der Waals surface area (Å²) in [5, 5.41) is 3.87. The van der Waals surface area contributed by atoms with E-state index in [9.17, 15) is 9.59 Å². The van der Waals surface area contributed by atoms with Crippen molar-refractivity contribution in [2.45, 2.75) is 19.9 Å². The molecule has 0 radical (unpaired) electrons. The number of benzene rings is 2. The zero-order valence-electron chi connectivity index (χ0n) is 17.0. The smallest absolute Gasteiger partial charge is 0.262 e. The van der Waals surface area contributed by atoms with Crippen LogP contribution in [0.1, 0.15) is 12.0 Å². The monoisotopic (exact) mass is 453 g/mol. The fraction of sp³-hybridized carbons (Fsp3) is 0.174. The van der Waals surface area contributed by atoms with Gasteiger partial charge in [0.05, 0.1) is 24.5 Å². The fourth-order valence-corrected chi connectivity index (χ4v) is 4.71. The minimum Gasteiger partial charge on any atom is -0.495 e. The second-order valence-electron chi connectivity index (χ2n) is 6.99. The fourth-order valence-electron chi connectivity index (χ4n) is 3.40. The largest absolute Gasteiger partial charge is 0.495 e. The van der Waals surface area contributed by atoms with Crippen molar-refractivity contribution in [3.05, 3.63) is 75.8 Å². The van der Waals surface area contributed by atoms with Crippen molar-refractivity contribution < 1.29 is 9.53 Å². The summed E-state index contributed by atoms with van der Waals surface area (Å²) in [5.74, 6) is 0.264. The van der Waals surface area contributed by atoms with Gasteiger partial charge in [0.15, 0.2) is 0 Å². The molecule has 4 rings (SSSR count). The highest BCUT2D eigenvalue weighted by molar-refractivity contribution is 7.22. The minimum atomic E-state index is -0.250. The predicted octanol–water partition coefficient (Wildman–Crippen LogP) is 5.12. The van der Waals surface area contributed by atoms with Gasteiger partial charge in [0.2, 0.25) is 5.91 Å². The number of carbonyl (C=O) groups excluding carboxylic acids is 1. The van der Waals surface area contributed by atoms with E-state index in [1.54, 1.807) is 18.2 Å². The number of nitrogens with one attached hydrogen (secondary N) is 1. The van der Waals surface area contributed by atoms with E-state index >= 15 is 0 Å². The van der Waals surface area contributed by atoms with Gasteiger partial charge in [-0.1, -0.05) is 41.9 Å². The van der Waals surface area contributed by atoms with Gasteiger partial charge in [0.25, 0.3) is 5.56 Å². The summed E-state index contributed by atoms with van der Waals surface area (Å²) in [6.07, 6.45) is 1.61. The van der Waals surface area contributed by atoms with Gasteiger partial charge in [0, 0.05) is 22.9 Å². The molecule has 4 aromatic rings. The number of nitrogens with zero attached hydrogens (tertiary/aromatic N) is 2. The van der Waals surface area contributed by atoms with Crippen LogP contribution in [0.15, 0.2) is 59.7 Å². The van der Waals surface area contributed by atoms with Gasteiger partial charge >= 0.3 is 0 Å². The van der Waals surface area contributed by atoms with Crippen LogP contribution in [0, 0.1) is 6.92 Å². The number of thiophene rings is 1. The van der Waals surface area contributed by atoms with Crippen molar-refractivity contribution in [3.63, 3.8) is 0 Å². The highest BCUT2D eigenvalue weighted by Gasteiger charge is 2.16. The van der Waals surface area contributed by atoms with Gasteiger partial charge in [-0.2, -0.15) is 0 Å². The summed E-state index contributed by atoms with van der Waals surface area (Å²) in [6.45, 7) is 2.15. The van der Waals surface area contributed by atoms with Crippen LogP contribution >= 0.6 is 22.9 Å². The number of halogens is 1. The van der Waals surface area contributed by atoms with Gasteiger partial charge in [-0.25, -0.2) is 4.98 Å². The molecule has 6 nitrogen and oxygen atoms in total. The Labute approximate surface area is 188 Å². The maximum Gasteiger partial charge on any atom is 0.262 e. The van der Waals surface area contributed by atoms with E-state index in [1.807, 2.05) is 37.3 Å². The first-order chi connectivity index (χ1) is 15.0. The molecule has 0 fully saturated rings. The minimum absolute atomic E-state index is 0.109. The number of amides is 1. The lowest BCUT2D eigenvalue weighted by molar-refractivity contribution is -0.116. The van der Waals surface area contributed by atoms with Crippen molar-refractivity contribution in [2.75, 3.05) is 12.4 Å². The topological polar surface area (TPSA) is 73.2 Å². The lowest BCUT2D eigenvalue weighted by Crippen LogP contribution is -2.23. The van der Waals surface area contributed by atoms with Gasteiger partial charge in [-0.3, -0.25) is 14.2 Å². The molecule has 8 heteroatoms. The third kappa shape index (κ3) is 4.33. The molecule has 0 spiro atoms. The van der Waals surface area contributed by atoms with E-state index in [4.69, 9.17) is 16.3 Å². The lowest BCUT2D eigenvalue weighted by Gasteiger charge is -2.11. The summed E-state index contributed by atoms with van der Waals surface area (Å²) in [4.78, 5) is 31.7. The molecular formula is C23H20ClN3O3S. The van der Waals surface area contributed by atoms with Gasteiger partial charge in [-0.05, 0) is 36.2 Å². The van der Waals surface area contributed by atoms with Crippen LogP contribution in [0.3, 0.4) is 0 Å². The number of hydrogen-bond acceptors (Lipinski definition) is 5. The third-order valence-corrected chi connectivity index (χ3v) is 6.45. The molecule has 0 aliphatic rings. The Morgan fingerprint density at radius 2 is 2.00 bits per heavy atom. The maximum atomic E-state index is 13.1. The first-order valence-electron chi connectivity index (χ1n) is 9.65. The average Bonchev–Trinajstić information content (AvgIpc) is 3.11. The second-order valence-corrected chi connectivity index (χ2v) is 8.42. The number of fused-ring (bicyclic) bond motifs is 1. The quantitative estimate of drug-likeness (QED) is 0.439. The van der Waals surface area contributed by atoms with Crippen molar-refractivity contribution in [1.82, 2.24) is 9.55 Å². The average molecular weight is 454 g/mol. The summed E-state index contributed by atoms with van der Waals surface area (Å²) in [5.41, 5.74) is 2.31. The number of ether oxygens (including phenoxy) is 1. The van der Waals surface area contributed by atoms with Crippen LogP contribution in [0.4, 0.5) is 5.69 Å². The van der Waals surface area contributed by atoms with E-state index in [2.05, 4.69) is 10.3 Å². The van der Waals surface area contributed by atoms with E-state index < -0.39 is 0 Å². The van der Waals surface area contributed by atoms with Gasteiger partial charge in [-0.15, -0.1) is 11.3 Å². The Balaban J connectivity index is 1.55. The summed E-state index contributed by atoms with van der Waals surface area (Å²) < 4.78 is 6.72. The zero-order chi connectivity index (χ0) is 22.0. The number of anilines is 1. The molecule has 2 aromatic heterocycles. The third-order valence-electron chi connectivity index (χ3n) is 4.97. The SMILES string of the molecule is COc1ccc(Cl)cc1NC(=O)CCn1cnc2sc(-c3ccccc3)c(C)c2c1=O. The van der Waals surface area contributed by atoms with Crippen molar-refractivity contribution in [3.8, 4) is 16.2 Å². The molecule has 31 heavy (non-hydrogen) atoms. The Kier molecular flexibility index (Phi) is 6.06. The molecule has 0 saturated heterocycles. The number of rotatable bonds is 6. The van der Waals surface area contributed by atoms with Crippen LogP contribution in [0.5, 0.6) is 5.75 Å². The molecule has 158 valence electrons. The molecule has 0 bridgehead atoms. The number of hydrogen-bond donors (Lipinski definition) is 1. The van der Waals surface area contributed by atoms with E-state index in [0.717, 1.165) is 16.0 Å². The Hall–Kier alpha value is -3.16. The molecule has 1 N–H and O–H groups in total. The predicted molar refractivity (Wildman–Crippen MR) is 125 cm³/mol. The van der Waals surface area contributed by atoms with Crippen molar-refractivity contribution in [2.24, 2.45) is 0 Å². The molecular weight excluding hydrogens is 434 g/mol. The first kappa shape index (κ1) is 21.1. The summed E-state index contributed by atoms with van der Waals surface area (Å²) in [7, 11) is 1.52. The molecule has 1 amide bonds. The van der Waals surface area contributed by atoms with E-state index in [-0.39, 0.29) is 24.4 Å². The number of methoxy groups -OCH3 is 1. The van der Waals surface area contributed by atoms with E-state index in [1.165, 1.54) is 29.3 Å². The molecule has 0 atom stereocenters. The maximum absolute atomic E-state index is 13.1. The highest BCUT2D eigenvalue weighted by Crippen LogP contribution is 2.35. The van der Waals surface area contributed by atoms with Crippen molar-refractivity contribution >= 4 is 44.7 Å². The van der Waals surface area contributed by atoms with Crippen LogP contribution in [-0.2, 0) is 11.3 Å². The Morgan fingerprint density at radius 3 is 2.74 bits per heavy atom. The van der Waals surface area contributed by atoms with Crippen LogP contribution < -0.4 is 15.6 Å². The van der Waals surface area contributed by atoms with E-state index in [0.29, 0.717) is 26.7 Å². The van der Waals surface area contributed by atoms with Gasteiger partial charge in [0.1, 0.15) is 10.6 Å². The van der Waals surface area contributed by atoms with Crippen molar-refractivity contribution in [1.29, 1.82) is 0 Å². The number of aryl methyl sites for hydroxylation is 2. The number of aromatic nitrogens is 2. The first-order valence-corrected chi connectivity index (χ1v) is 10.8. The Bertz CT molecular complexity index is 1320. The molecule has 2 heterocycles. The van der Waals surface area contributed by atoms with Crippen LogP contribution in [-0.4, -0.2) is 22.6 Å². The Morgan fingerprint density at radius 1 is 1.23 bits per heavy atom. The lowest BCUT2D eigenvalue weighted by atomic mass is 10.1. The zero-order valence-corrected chi connectivity index (χ0v) is 18.6.